The fraction of sp³-hybridized carbons (Fsp3) is 0.143. The lowest BCUT2D eigenvalue weighted by Gasteiger charge is -1.98. The van der Waals surface area contributed by atoms with Crippen LogP contribution in [0.5, 0.6) is 0 Å². The molecule has 0 unspecified atom stereocenters. The Morgan fingerprint density at radius 1 is 1.80 bits per heavy atom. The van der Waals surface area contributed by atoms with Crippen molar-refractivity contribution in [1.82, 2.24) is 4.98 Å². The van der Waals surface area contributed by atoms with E-state index in [2.05, 4.69) is 16.4 Å². The number of hydrogen-bond acceptors (Lipinski definition) is 2. The maximum atomic E-state index is 9.96. The van der Waals surface area contributed by atoms with Gasteiger partial charge in [0, 0.05) is 6.20 Å². The summed E-state index contributed by atoms with van der Waals surface area (Å²) in [6.45, 7) is 1.83. The molecule has 3 heteroatoms. The minimum atomic E-state index is 0.567. The number of carbonyl (C=O) groups is 1. The molecule has 1 amide bonds. The van der Waals surface area contributed by atoms with Crippen molar-refractivity contribution in [2.45, 2.75) is 6.92 Å². The van der Waals surface area contributed by atoms with Crippen LogP contribution in [-0.4, -0.2) is 11.4 Å². The lowest BCUT2D eigenvalue weighted by molar-refractivity contribution is -0.105. The Bertz CT molecular complexity index is 235. The molecule has 1 N–H and O–H groups in total. The molecule has 10 heavy (non-hydrogen) atoms. The molecule has 0 saturated heterocycles. The Labute approximate surface area is 59.1 Å². The van der Waals surface area contributed by atoms with E-state index in [1.54, 1.807) is 12.3 Å². The molecule has 0 aliphatic rings. The zero-order valence-electron chi connectivity index (χ0n) is 5.59. The van der Waals surface area contributed by atoms with Gasteiger partial charge in [-0.25, -0.2) is 4.98 Å². The van der Waals surface area contributed by atoms with Crippen LogP contribution in [-0.2, 0) is 4.79 Å². The molecule has 1 heterocycles. The van der Waals surface area contributed by atoms with Crippen molar-refractivity contribution in [3.05, 3.63) is 23.9 Å². The predicted octanol–water partition coefficient (Wildman–Crippen LogP) is 0.759. The van der Waals surface area contributed by atoms with E-state index in [1.165, 1.54) is 0 Å². The molecule has 51 valence electrons. The van der Waals surface area contributed by atoms with E-state index in [4.69, 9.17) is 0 Å². The van der Waals surface area contributed by atoms with E-state index in [0.717, 1.165) is 5.56 Å². The average Bonchev–Trinajstić information content (AvgIpc) is 1.94. The Hall–Kier alpha value is -1.38. The fourth-order valence-electron chi connectivity index (χ4n) is 0.641. The second kappa shape index (κ2) is 2.96. The van der Waals surface area contributed by atoms with E-state index in [0.29, 0.717) is 12.2 Å². The van der Waals surface area contributed by atoms with Crippen LogP contribution in [0.3, 0.4) is 0 Å². The van der Waals surface area contributed by atoms with Crippen molar-refractivity contribution >= 4 is 12.2 Å². The number of anilines is 1. The van der Waals surface area contributed by atoms with E-state index < -0.39 is 0 Å². The molecule has 1 aromatic heterocycles. The Morgan fingerprint density at radius 2 is 2.60 bits per heavy atom. The highest BCUT2D eigenvalue weighted by molar-refractivity contribution is 5.70. The molecule has 0 aliphatic carbocycles. The lowest BCUT2D eigenvalue weighted by atomic mass is 10.3. The van der Waals surface area contributed by atoms with Gasteiger partial charge in [0.2, 0.25) is 6.41 Å². The summed E-state index contributed by atoms with van der Waals surface area (Å²) in [4.78, 5) is 13.9. The van der Waals surface area contributed by atoms with Gasteiger partial charge in [-0.2, -0.15) is 0 Å². The maximum Gasteiger partial charge on any atom is 0.212 e. The quantitative estimate of drug-likeness (QED) is 0.608. The van der Waals surface area contributed by atoms with Crippen LogP contribution >= 0.6 is 0 Å². The standard InChI is InChI=1S/C7H7N2O/c1-6-3-2-4-8-7(6)9-5-10/h2,4-5H,1H3,(H,8,9,10). The average molecular weight is 135 g/mol. The number of hydrogen-bond donors (Lipinski definition) is 1. The zero-order chi connectivity index (χ0) is 7.40. The van der Waals surface area contributed by atoms with Gasteiger partial charge in [0.05, 0.1) is 0 Å². The third-order valence-corrected chi connectivity index (χ3v) is 1.13. The largest absolute Gasteiger partial charge is 0.313 e. The molecular formula is C7H7N2O. The minimum absolute atomic E-state index is 0.567. The van der Waals surface area contributed by atoms with Crippen molar-refractivity contribution in [2.24, 2.45) is 0 Å². The van der Waals surface area contributed by atoms with E-state index in [-0.39, 0.29) is 0 Å². The van der Waals surface area contributed by atoms with Gasteiger partial charge in [-0.05, 0) is 24.6 Å². The summed E-state index contributed by atoms with van der Waals surface area (Å²) in [5.41, 5.74) is 0.842. The third-order valence-electron chi connectivity index (χ3n) is 1.13. The summed E-state index contributed by atoms with van der Waals surface area (Å²) in [6, 6.07) is 4.60. The van der Waals surface area contributed by atoms with Gasteiger partial charge in [-0.1, -0.05) is 0 Å². The monoisotopic (exact) mass is 135 g/mol. The molecule has 1 radical (unpaired) electrons. The first-order chi connectivity index (χ1) is 4.84. The van der Waals surface area contributed by atoms with Crippen LogP contribution in [0.25, 0.3) is 0 Å². The first-order valence-corrected chi connectivity index (χ1v) is 2.88. The number of aromatic nitrogens is 1. The first kappa shape index (κ1) is 6.74. The van der Waals surface area contributed by atoms with E-state index >= 15 is 0 Å². The highest BCUT2D eigenvalue weighted by atomic mass is 16.1. The van der Waals surface area contributed by atoms with E-state index in [1.807, 2.05) is 6.92 Å². The summed E-state index contributed by atoms with van der Waals surface area (Å²) >= 11 is 0. The molecular weight excluding hydrogens is 128 g/mol. The number of rotatable bonds is 2. The number of amides is 1. The van der Waals surface area contributed by atoms with Crippen LogP contribution in [0.4, 0.5) is 5.82 Å². The van der Waals surface area contributed by atoms with E-state index in [9.17, 15) is 4.79 Å². The van der Waals surface area contributed by atoms with Gasteiger partial charge in [0.25, 0.3) is 0 Å². The molecule has 0 aliphatic heterocycles. The fourth-order valence-corrected chi connectivity index (χ4v) is 0.641. The van der Waals surface area contributed by atoms with Gasteiger partial charge in [-0.15, -0.1) is 0 Å². The van der Waals surface area contributed by atoms with Gasteiger partial charge < -0.3 is 5.32 Å². The van der Waals surface area contributed by atoms with Crippen LogP contribution in [0.15, 0.2) is 12.3 Å². The molecule has 1 aromatic rings. The molecule has 0 atom stereocenters. The molecule has 0 bridgehead atoms. The SMILES string of the molecule is Cc1[c]ccnc1NC=O. The summed E-state index contributed by atoms with van der Waals surface area (Å²) in [5.74, 6) is 0.567. The minimum Gasteiger partial charge on any atom is -0.313 e. The van der Waals surface area contributed by atoms with Crippen LogP contribution in [0.1, 0.15) is 5.56 Å². The lowest BCUT2D eigenvalue weighted by Crippen LogP contribution is -1.98. The summed E-state index contributed by atoms with van der Waals surface area (Å²) in [7, 11) is 0. The maximum absolute atomic E-state index is 9.96. The summed E-state index contributed by atoms with van der Waals surface area (Å²) in [5, 5.41) is 2.45. The molecule has 0 fully saturated rings. The number of nitrogens with one attached hydrogen (secondary N) is 1. The number of carbonyl (C=O) groups excluding carboxylic acids is 1. The summed E-state index contributed by atoms with van der Waals surface area (Å²) in [6.07, 6.45) is 2.18. The second-order valence-corrected chi connectivity index (χ2v) is 1.82. The number of aryl methyl sites for hydroxylation is 1. The highest BCUT2D eigenvalue weighted by Gasteiger charge is 1.93. The van der Waals surface area contributed by atoms with Crippen molar-refractivity contribution in [1.29, 1.82) is 0 Å². The van der Waals surface area contributed by atoms with Gasteiger partial charge in [0.1, 0.15) is 5.82 Å². The molecule has 1 rings (SSSR count). The van der Waals surface area contributed by atoms with Gasteiger partial charge in [-0.3, -0.25) is 4.79 Å². The van der Waals surface area contributed by atoms with Gasteiger partial charge >= 0.3 is 0 Å². The Balaban J connectivity index is 2.91. The van der Waals surface area contributed by atoms with Crippen LogP contribution in [0, 0.1) is 13.0 Å². The van der Waals surface area contributed by atoms with Crippen LogP contribution < -0.4 is 5.32 Å². The zero-order valence-corrected chi connectivity index (χ0v) is 5.59. The van der Waals surface area contributed by atoms with Crippen LogP contribution in [0.2, 0.25) is 0 Å². The van der Waals surface area contributed by atoms with Crippen molar-refractivity contribution in [2.75, 3.05) is 5.32 Å². The molecule has 0 spiro atoms. The second-order valence-electron chi connectivity index (χ2n) is 1.82. The van der Waals surface area contributed by atoms with Crippen molar-refractivity contribution < 1.29 is 4.79 Å². The number of nitrogens with zero attached hydrogens (tertiary/aromatic N) is 1. The Morgan fingerprint density at radius 3 is 3.20 bits per heavy atom. The highest BCUT2D eigenvalue weighted by Crippen LogP contribution is 2.05. The smallest absolute Gasteiger partial charge is 0.212 e. The predicted molar refractivity (Wildman–Crippen MR) is 37.5 cm³/mol. The van der Waals surface area contributed by atoms with Gasteiger partial charge in [0.15, 0.2) is 0 Å². The third kappa shape index (κ3) is 1.31. The first-order valence-electron chi connectivity index (χ1n) is 2.88. The Kier molecular flexibility index (Phi) is 1.99. The number of pyridine rings is 1. The molecule has 3 nitrogen and oxygen atoms in total. The van der Waals surface area contributed by atoms with Crippen molar-refractivity contribution in [3.63, 3.8) is 0 Å². The topological polar surface area (TPSA) is 42.0 Å². The van der Waals surface area contributed by atoms with Crippen molar-refractivity contribution in [3.8, 4) is 0 Å². The summed E-state index contributed by atoms with van der Waals surface area (Å²) < 4.78 is 0. The molecule has 0 saturated carbocycles. The molecule has 0 aromatic carbocycles. The normalized spacial score (nSPS) is 8.90.